The molecule has 0 saturated heterocycles. The maximum absolute atomic E-state index is 13.5. The Labute approximate surface area is 148 Å². The lowest BCUT2D eigenvalue weighted by atomic mass is 10.1. The molecule has 24 heavy (non-hydrogen) atoms. The van der Waals surface area contributed by atoms with Gasteiger partial charge in [0.15, 0.2) is 18.2 Å². The second-order valence-corrected chi connectivity index (χ2v) is 6.05. The van der Waals surface area contributed by atoms with Gasteiger partial charge in [0, 0.05) is 23.2 Å². The van der Waals surface area contributed by atoms with Crippen molar-refractivity contribution in [1.29, 1.82) is 0 Å². The van der Waals surface area contributed by atoms with Crippen LogP contribution in [-0.2, 0) is 4.79 Å². The molecule has 0 N–H and O–H groups in total. The lowest BCUT2D eigenvalue weighted by Crippen LogP contribution is -2.33. The van der Waals surface area contributed by atoms with Crippen LogP contribution in [0.25, 0.3) is 0 Å². The van der Waals surface area contributed by atoms with E-state index in [0.29, 0.717) is 16.1 Å². The van der Waals surface area contributed by atoms with Crippen molar-refractivity contribution in [3.05, 3.63) is 63.6 Å². The monoisotopic (exact) mass is 373 g/mol. The molecule has 7 heteroatoms. The molecule has 0 aromatic heterocycles. The van der Waals surface area contributed by atoms with Crippen LogP contribution >= 0.6 is 23.2 Å². The van der Waals surface area contributed by atoms with Crippen LogP contribution < -0.4 is 4.74 Å². The molecule has 3 nitrogen and oxygen atoms in total. The molecule has 0 bridgehead atoms. The molecule has 0 aliphatic carbocycles. The van der Waals surface area contributed by atoms with E-state index in [1.807, 2.05) is 0 Å². The number of ether oxygens (including phenoxy) is 1. The van der Waals surface area contributed by atoms with Gasteiger partial charge in [-0.05, 0) is 36.8 Å². The summed E-state index contributed by atoms with van der Waals surface area (Å²) in [6.07, 6.45) is 0. The summed E-state index contributed by atoms with van der Waals surface area (Å²) in [6.45, 7) is 1.42. The molecule has 2 aromatic rings. The molecule has 0 aliphatic heterocycles. The number of likely N-dealkylation sites (N-methyl/N-ethyl adjacent to an activating group) is 1. The predicted octanol–water partition coefficient (Wildman–Crippen LogP) is 4.87. The van der Waals surface area contributed by atoms with Gasteiger partial charge in [0.1, 0.15) is 5.82 Å². The van der Waals surface area contributed by atoms with Crippen molar-refractivity contribution in [2.75, 3.05) is 13.7 Å². The lowest BCUT2D eigenvalue weighted by molar-refractivity contribution is -0.134. The molecule has 2 aromatic carbocycles. The number of carbonyl (C=O) groups excluding carboxylic acids is 1. The van der Waals surface area contributed by atoms with Gasteiger partial charge < -0.3 is 9.64 Å². The molecule has 0 saturated carbocycles. The molecule has 1 unspecified atom stereocenters. The fraction of sp³-hybridized carbons (Fsp3) is 0.235. The van der Waals surface area contributed by atoms with Crippen molar-refractivity contribution in [2.45, 2.75) is 13.0 Å². The SMILES string of the molecule is CC(c1ccc(Cl)cc1Cl)N(C)C(=O)COc1ccc(F)cc1F. The number of carbonyl (C=O) groups is 1. The summed E-state index contributed by atoms with van der Waals surface area (Å²) in [5.41, 5.74) is 0.727. The third-order valence-electron chi connectivity index (χ3n) is 3.63. The Morgan fingerprint density at radius 2 is 1.92 bits per heavy atom. The molecule has 128 valence electrons. The minimum atomic E-state index is -0.862. The number of hydrogen-bond donors (Lipinski definition) is 0. The maximum Gasteiger partial charge on any atom is 0.260 e. The molecule has 0 radical (unpaired) electrons. The average Bonchev–Trinajstić information content (AvgIpc) is 2.52. The van der Waals surface area contributed by atoms with Crippen LogP contribution in [0.15, 0.2) is 36.4 Å². The minimum Gasteiger partial charge on any atom is -0.481 e. The first-order chi connectivity index (χ1) is 11.3. The van der Waals surface area contributed by atoms with Crippen molar-refractivity contribution in [2.24, 2.45) is 0 Å². The van der Waals surface area contributed by atoms with Gasteiger partial charge in [-0.15, -0.1) is 0 Å². The highest BCUT2D eigenvalue weighted by Gasteiger charge is 2.20. The van der Waals surface area contributed by atoms with Gasteiger partial charge in [0.25, 0.3) is 5.91 Å². The second kappa shape index (κ2) is 7.81. The van der Waals surface area contributed by atoms with Gasteiger partial charge >= 0.3 is 0 Å². The van der Waals surface area contributed by atoms with Crippen LogP contribution in [0.5, 0.6) is 5.75 Å². The van der Waals surface area contributed by atoms with Gasteiger partial charge in [-0.2, -0.15) is 0 Å². The van der Waals surface area contributed by atoms with Gasteiger partial charge in [0.05, 0.1) is 6.04 Å². The Morgan fingerprint density at radius 1 is 1.21 bits per heavy atom. The number of amides is 1. The minimum absolute atomic E-state index is 0.185. The molecule has 1 amide bonds. The van der Waals surface area contributed by atoms with Gasteiger partial charge in [-0.25, -0.2) is 8.78 Å². The fourth-order valence-corrected chi connectivity index (χ4v) is 2.66. The Morgan fingerprint density at radius 3 is 2.54 bits per heavy atom. The number of halogens is 4. The van der Waals surface area contributed by atoms with E-state index in [1.54, 1.807) is 32.2 Å². The molecule has 1 atom stereocenters. The van der Waals surface area contributed by atoms with Gasteiger partial charge in [-0.1, -0.05) is 29.3 Å². The lowest BCUT2D eigenvalue weighted by Gasteiger charge is -2.26. The highest BCUT2D eigenvalue weighted by molar-refractivity contribution is 6.35. The molecule has 0 fully saturated rings. The van der Waals surface area contributed by atoms with Crippen molar-refractivity contribution in [3.63, 3.8) is 0 Å². The maximum atomic E-state index is 13.5. The van der Waals surface area contributed by atoms with E-state index in [9.17, 15) is 13.6 Å². The van der Waals surface area contributed by atoms with Crippen molar-refractivity contribution in [3.8, 4) is 5.75 Å². The average molecular weight is 374 g/mol. The van der Waals surface area contributed by atoms with E-state index in [0.717, 1.165) is 17.7 Å². The quantitative estimate of drug-likeness (QED) is 0.747. The second-order valence-electron chi connectivity index (χ2n) is 5.21. The Hall–Kier alpha value is -1.85. The van der Waals surface area contributed by atoms with E-state index in [1.165, 1.54) is 4.90 Å². The number of hydrogen-bond acceptors (Lipinski definition) is 2. The summed E-state index contributed by atoms with van der Waals surface area (Å²) >= 11 is 12.0. The summed E-state index contributed by atoms with van der Waals surface area (Å²) in [5.74, 6) is -2.14. The Bertz CT molecular complexity index is 755. The molecule has 0 heterocycles. The van der Waals surface area contributed by atoms with Crippen LogP contribution in [0.3, 0.4) is 0 Å². The van der Waals surface area contributed by atoms with Crippen LogP contribution in [0, 0.1) is 11.6 Å². The van der Waals surface area contributed by atoms with E-state index in [2.05, 4.69) is 0 Å². The Kier molecular flexibility index (Phi) is 6.02. The largest absolute Gasteiger partial charge is 0.481 e. The zero-order valence-corrected chi connectivity index (χ0v) is 14.5. The first-order valence-corrected chi connectivity index (χ1v) is 7.83. The van der Waals surface area contributed by atoms with Gasteiger partial charge in [0.2, 0.25) is 0 Å². The molecule has 2 rings (SSSR count). The number of nitrogens with zero attached hydrogens (tertiary/aromatic N) is 1. The summed E-state index contributed by atoms with van der Waals surface area (Å²) in [7, 11) is 1.59. The van der Waals surface area contributed by atoms with E-state index < -0.39 is 11.6 Å². The summed E-state index contributed by atoms with van der Waals surface area (Å²) in [5, 5.41) is 0.945. The zero-order chi connectivity index (χ0) is 17.9. The van der Waals surface area contributed by atoms with Crippen molar-refractivity contribution < 1.29 is 18.3 Å². The summed E-state index contributed by atoms with van der Waals surface area (Å²) in [6, 6.07) is 7.57. The highest BCUT2D eigenvalue weighted by atomic mass is 35.5. The van der Waals surface area contributed by atoms with Crippen molar-refractivity contribution >= 4 is 29.1 Å². The molecule has 0 spiro atoms. The van der Waals surface area contributed by atoms with Crippen LogP contribution in [0.1, 0.15) is 18.5 Å². The van der Waals surface area contributed by atoms with Crippen LogP contribution in [-0.4, -0.2) is 24.5 Å². The third kappa shape index (κ3) is 4.36. The van der Waals surface area contributed by atoms with Crippen LogP contribution in [0.2, 0.25) is 10.0 Å². The summed E-state index contributed by atoms with van der Waals surface area (Å²) < 4.78 is 31.5. The number of rotatable bonds is 5. The van der Waals surface area contributed by atoms with E-state index in [-0.39, 0.29) is 24.3 Å². The normalized spacial score (nSPS) is 11.9. The van der Waals surface area contributed by atoms with E-state index >= 15 is 0 Å². The standard InChI is InChI=1S/C17H15Cl2F2NO2/c1-10(13-5-3-11(18)7-14(13)19)22(2)17(23)9-24-16-6-4-12(20)8-15(16)21/h3-8,10H,9H2,1-2H3. The first kappa shape index (κ1) is 18.5. The van der Waals surface area contributed by atoms with Crippen LogP contribution in [0.4, 0.5) is 8.78 Å². The third-order valence-corrected chi connectivity index (χ3v) is 4.19. The van der Waals surface area contributed by atoms with E-state index in [4.69, 9.17) is 27.9 Å². The highest BCUT2D eigenvalue weighted by Crippen LogP contribution is 2.29. The zero-order valence-electron chi connectivity index (χ0n) is 13.0. The summed E-state index contributed by atoms with van der Waals surface area (Å²) in [4.78, 5) is 13.6. The predicted molar refractivity (Wildman–Crippen MR) is 89.5 cm³/mol. The Balaban J connectivity index is 2.03. The fourth-order valence-electron chi connectivity index (χ4n) is 2.10. The number of benzene rings is 2. The first-order valence-electron chi connectivity index (χ1n) is 7.08. The molecule has 0 aliphatic rings. The van der Waals surface area contributed by atoms with Gasteiger partial charge in [-0.3, -0.25) is 4.79 Å². The van der Waals surface area contributed by atoms with Crippen molar-refractivity contribution in [1.82, 2.24) is 4.90 Å². The smallest absolute Gasteiger partial charge is 0.260 e. The molecular formula is C17H15Cl2F2NO2. The molecular weight excluding hydrogens is 359 g/mol. The topological polar surface area (TPSA) is 29.5 Å².